The normalized spacial score (nSPS) is 10.8. The van der Waals surface area contributed by atoms with E-state index in [2.05, 4.69) is 15.9 Å². The minimum atomic E-state index is -1.09. The second-order valence-corrected chi connectivity index (χ2v) is 4.72. The van der Waals surface area contributed by atoms with Gasteiger partial charge in [-0.3, -0.25) is 4.79 Å². The zero-order valence-corrected chi connectivity index (χ0v) is 10.9. The lowest BCUT2D eigenvalue weighted by molar-refractivity contribution is 0.0682. The van der Waals surface area contributed by atoms with Gasteiger partial charge in [0.2, 0.25) is 0 Å². The topological polar surface area (TPSA) is 59.3 Å². The highest BCUT2D eigenvalue weighted by Crippen LogP contribution is 2.28. The van der Waals surface area contributed by atoms with Crippen LogP contribution in [0.1, 0.15) is 27.8 Å². The lowest BCUT2D eigenvalue weighted by atomic mass is 10.1. The Morgan fingerprint density at radius 2 is 2.00 bits per heavy atom. The Balaban J connectivity index is 2.98. The number of nitrogens with zero attached hydrogens (tertiary/aromatic N) is 1. The standard InChI is InChI=1S/C12H10BrNO3/c1-6(15)10-8-4-3-7(13)5-9(8)14(2)11(10)12(16)17/h3-5H,1-2H3,(H,16,17). The number of carboxylic acid groups (broad SMARTS) is 1. The molecule has 88 valence electrons. The van der Waals surface area contributed by atoms with Crippen molar-refractivity contribution < 1.29 is 14.7 Å². The minimum Gasteiger partial charge on any atom is -0.477 e. The zero-order valence-electron chi connectivity index (χ0n) is 9.32. The number of halogens is 1. The summed E-state index contributed by atoms with van der Waals surface area (Å²) >= 11 is 3.33. The van der Waals surface area contributed by atoms with Crippen LogP contribution < -0.4 is 0 Å². The van der Waals surface area contributed by atoms with E-state index >= 15 is 0 Å². The first kappa shape index (κ1) is 11.9. The van der Waals surface area contributed by atoms with Crippen LogP contribution in [0.4, 0.5) is 0 Å². The van der Waals surface area contributed by atoms with E-state index in [9.17, 15) is 14.7 Å². The van der Waals surface area contributed by atoms with Gasteiger partial charge in [-0.15, -0.1) is 0 Å². The third kappa shape index (κ3) is 1.76. The zero-order chi connectivity index (χ0) is 12.7. The van der Waals surface area contributed by atoms with E-state index in [1.165, 1.54) is 11.5 Å². The maximum Gasteiger partial charge on any atom is 0.353 e. The van der Waals surface area contributed by atoms with Crippen LogP contribution in [-0.2, 0) is 7.05 Å². The maximum absolute atomic E-state index is 11.6. The number of Topliss-reactive ketones (excluding diaryl/α,β-unsaturated/α-hetero) is 1. The average molecular weight is 296 g/mol. The molecule has 0 radical (unpaired) electrons. The summed E-state index contributed by atoms with van der Waals surface area (Å²) in [6.07, 6.45) is 0. The highest BCUT2D eigenvalue weighted by Gasteiger charge is 2.23. The van der Waals surface area contributed by atoms with Crippen molar-refractivity contribution in [1.82, 2.24) is 4.57 Å². The van der Waals surface area contributed by atoms with Crippen LogP contribution in [0.3, 0.4) is 0 Å². The molecule has 0 atom stereocenters. The molecule has 1 aromatic heterocycles. The van der Waals surface area contributed by atoms with Crippen LogP contribution in [0.2, 0.25) is 0 Å². The molecule has 0 spiro atoms. The largest absolute Gasteiger partial charge is 0.477 e. The number of aromatic nitrogens is 1. The molecule has 0 bridgehead atoms. The quantitative estimate of drug-likeness (QED) is 0.867. The number of carboxylic acids is 1. The molecule has 2 rings (SSSR count). The molecule has 1 aromatic carbocycles. The molecule has 0 aliphatic rings. The summed E-state index contributed by atoms with van der Waals surface area (Å²) in [5.41, 5.74) is 1.02. The first-order valence-corrected chi connectivity index (χ1v) is 5.75. The molecule has 5 heteroatoms. The van der Waals surface area contributed by atoms with Crippen molar-refractivity contribution in [1.29, 1.82) is 0 Å². The monoisotopic (exact) mass is 295 g/mol. The van der Waals surface area contributed by atoms with Crippen LogP contribution in [0, 0.1) is 0 Å². The number of aromatic carboxylic acids is 1. The van der Waals surface area contributed by atoms with Gasteiger partial charge in [-0.2, -0.15) is 0 Å². The molecule has 1 heterocycles. The van der Waals surface area contributed by atoms with Crippen molar-refractivity contribution in [3.63, 3.8) is 0 Å². The fourth-order valence-corrected chi connectivity index (χ4v) is 2.37. The Hall–Kier alpha value is -1.62. The SMILES string of the molecule is CC(=O)c1c(C(=O)O)n(C)c2cc(Br)ccc12. The van der Waals surface area contributed by atoms with E-state index in [1.807, 2.05) is 0 Å². The predicted octanol–water partition coefficient (Wildman–Crippen LogP) is 2.84. The number of fused-ring (bicyclic) bond motifs is 1. The third-order valence-electron chi connectivity index (χ3n) is 2.72. The van der Waals surface area contributed by atoms with Gasteiger partial charge in [0, 0.05) is 16.9 Å². The van der Waals surface area contributed by atoms with Gasteiger partial charge in [0.25, 0.3) is 0 Å². The predicted molar refractivity (Wildman–Crippen MR) is 67.6 cm³/mol. The lowest BCUT2D eigenvalue weighted by Crippen LogP contribution is -2.09. The fraction of sp³-hybridized carbons (Fsp3) is 0.167. The third-order valence-corrected chi connectivity index (χ3v) is 3.21. The van der Waals surface area contributed by atoms with Crippen LogP contribution in [0.15, 0.2) is 22.7 Å². The molecule has 2 aromatic rings. The maximum atomic E-state index is 11.6. The second-order valence-electron chi connectivity index (χ2n) is 3.81. The Bertz CT molecular complexity index is 643. The molecular formula is C12H10BrNO3. The van der Waals surface area contributed by atoms with Crippen LogP contribution in [-0.4, -0.2) is 21.4 Å². The summed E-state index contributed by atoms with van der Waals surface area (Å²) in [4.78, 5) is 22.8. The van der Waals surface area contributed by atoms with Gasteiger partial charge in [-0.05, 0) is 19.1 Å². The number of ketones is 1. The van der Waals surface area contributed by atoms with Gasteiger partial charge in [-0.25, -0.2) is 4.79 Å². The van der Waals surface area contributed by atoms with Crippen LogP contribution in [0.25, 0.3) is 10.9 Å². The Labute approximate surface area is 106 Å². The second kappa shape index (κ2) is 4.00. The van der Waals surface area contributed by atoms with Gasteiger partial charge in [0.15, 0.2) is 5.78 Å². The van der Waals surface area contributed by atoms with Crippen LogP contribution in [0.5, 0.6) is 0 Å². The van der Waals surface area contributed by atoms with Crippen molar-refractivity contribution in [2.24, 2.45) is 7.05 Å². The smallest absolute Gasteiger partial charge is 0.353 e. The minimum absolute atomic E-state index is 0.0330. The van der Waals surface area contributed by atoms with Crippen molar-refractivity contribution in [3.05, 3.63) is 33.9 Å². The number of carbonyl (C=O) groups is 2. The number of aryl methyl sites for hydroxylation is 1. The number of hydrogen-bond donors (Lipinski definition) is 1. The first-order chi connectivity index (χ1) is 7.93. The summed E-state index contributed by atoms with van der Waals surface area (Å²) < 4.78 is 2.37. The number of benzene rings is 1. The van der Waals surface area contributed by atoms with Gasteiger partial charge in [-0.1, -0.05) is 22.0 Å². The van der Waals surface area contributed by atoms with Crippen molar-refractivity contribution in [3.8, 4) is 0 Å². The van der Waals surface area contributed by atoms with E-state index < -0.39 is 5.97 Å². The molecular weight excluding hydrogens is 286 g/mol. The Morgan fingerprint density at radius 3 is 2.53 bits per heavy atom. The lowest BCUT2D eigenvalue weighted by Gasteiger charge is -1.99. The van der Waals surface area contributed by atoms with Crippen molar-refractivity contribution >= 4 is 38.6 Å². The number of rotatable bonds is 2. The molecule has 0 aliphatic carbocycles. The first-order valence-electron chi connectivity index (χ1n) is 4.95. The van der Waals surface area contributed by atoms with Gasteiger partial charge in [0.1, 0.15) is 5.69 Å². The average Bonchev–Trinajstić information content (AvgIpc) is 2.52. The molecule has 1 N–H and O–H groups in total. The van der Waals surface area contributed by atoms with Crippen molar-refractivity contribution in [2.75, 3.05) is 0 Å². The number of hydrogen-bond acceptors (Lipinski definition) is 2. The summed E-state index contributed by atoms with van der Waals surface area (Å²) in [5, 5.41) is 9.85. The van der Waals surface area contributed by atoms with E-state index in [0.29, 0.717) is 5.39 Å². The summed E-state index contributed by atoms with van der Waals surface area (Å²) in [6.45, 7) is 1.38. The fourth-order valence-electron chi connectivity index (χ4n) is 2.02. The Morgan fingerprint density at radius 1 is 1.35 bits per heavy atom. The molecule has 0 saturated carbocycles. The molecule has 0 saturated heterocycles. The molecule has 17 heavy (non-hydrogen) atoms. The van der Waals surface area contributed by atoms with E-state index in [1.54, 1.807) is 25.2 Å². The van der Waals surface area contributed by atoms with E-state index in [4.69, 9.17) is 0 Å². The highest BCUT2D eigenvalue weighted by molar-refractivity contribution is 9.10. The summed E-state index contributed by atoms with van der Waals surface area (Å²) in [5.74, 6) is -1.33. The number of carbonyl (C=O) groups excluding carboxylic acids is 1. The van der Waals surface area contributed by atoms with E-state index in [-0.39, 0.29) is 17.0 Å². The van der Waals surface area contributed by atoms with Crippen molar-refractivity contribution in [2.45, 2.75) is 6.92 Å². The van der Waals surface area contributed by atoms with Gasteiger partial charge < -0.3 is 9.67 Å². The van der Waals surface area contributed by atoms with Crippen LogP contribution >= 0.6 is 15.9 Å². The Kier molecular flexibility index (Phi) is 2.79. The molecule has 0 unspecified atom stereocenters. The van der Waals surface area contributed by atoms with Gasteiger partial charge >= 0.3 is 5.97 Å². The molecule has 0 fully saturated rings. The summed E-state index contributed by atoms with van der Waals surface area (Å²) in [7, 11) is 1.64. The van der Waals surface area contributed by atoms with E-state index in [0.717, 1.165) is 9.99 Å². The molecule has 0 amide bonds. The summed E-state index contributed by atoms with van der Waals surface area (Å²) in [6, 6.07) is 5.34. The highest BCUT2D eigenvalue weighted by atomic mass is 79.9. The molecule has 0 aliphatic heterocycles. The molecule has 4 nitrogen and oxygen atoms in total. The van der Waals surface area contributed by atoms with Gasteiger partial charge in [0.05, 0.1) is 11.1 Å².